The third-order valence-electron chi connectivity index (χ3n) is 2.32. The van der Waals surface area contributed by atoms with Gasteiger partial charge in [-0.1, -0.05) is 41.7 Å². The maximum absolute atomic E-state index is 11.6. The molecule has 1 amide bonds. The van der Waals surface area contributed by atoms with Crippen LogP contribution in [0, 0.1) is 24.2 Å². The average Bonchev–Trinajstić information content (AvgIpc) is 2.26. The predicted molar refractivity (Wildman–Crippen MR) is 75.1 cm³/mol. The molecule has 1 N–H and O–H groups in total. The molecule has 2 heteroatoms. The largest absolute Gasteiger partial charge is 0.345 e. The van der Waals surface area contributed by atoms with Crippen LogP contribution in [0.25, 0.3) is 0 Å². The van der Waals surface area contributed by atoms with Gasteiger partial charge in [0.1, 0.15) is 0 Å². The van der Waals surface area contributed by atoms with Gasteiger partial charge in [0, 0.05) is 5.41 Å². The monoisotopic (exact) mass is 243 g/mol. The third-order valence-corrected chi connectivity index (χ3v) is 2.32. The van der Waals surface area contributed by atoms with Gasteiger partial charge in [-0.05, 0) is 33.3 Å². The molecule has 0 saturated carbocycles. The average molecular weight is 243 g/mol. The zero-order valence-corrected chi connectivity index (χ0v) is 11.6. The molecule has 1 rings (SSSR count). The molecule has 0 heterocycles. The lowest BCUT2D eigenvalue weighted by Crippen LogP contribution is -2.25. The molecule has 96 valence electrons. The highest BCUT2D eigenvalue weighted by Gasteiger charge is 2.04. The van der Waals surface area contributed by atoms with E-state index < -0.39 is 0 Å². The normalized spacial score (nSPS) is 10.4. The summed E-state index contributed by atoms with van der Waals surface area (Å²) >= 11 is 0. The van der Waals surface area contributed by atoms with Gasteiger partial charge in [-0.15, -0.1) is 0 Å². The van der Waals surface area contributed by atoms with E-state index in [1.807, 2.05) is 52.0 Å². The summed E-state index contributed by atoms with van der Waals surface area (Å²) in [7, 11) is 0. The van der Waals surface area contributed by atoms with Crippen molar-refractivity contribution in [2.75, 3.05) is 6.54 Å². The molecule has 0 unspecified atom stereocenters. The predicted octanol–water partition coefficient (Wildman–Crippen LogP) is 2.70. The molecule has 0 fully saturated rings. The van der Waals surface area contributed by atoms with Crippen molar-refractivity contribution in [2.45, 2.75) is 34.1 Å². The quantitative estimate of drug-likeness (QED) is 0.813. The second-order valence-electron chi connectivity index (χ2n) is 5.49. The van der Waals surface area contributed by atoms with E-state index in [1.54, 1.807) is 0 Å². The molecular weight excluding hydrogens is 222 g/mol. The molecule has 0 bridgehead atoms. The van der Waals surface area contributed by atoms with Crippen molar-refractivity contribution < 1.29 is 4.79 Å². The first-order chi connectivity index (χ1) is 8.37. The number of nitrogens with one attached hydrogen (secondary N) is 1. The minimum atomic E-state index is -0.0122. The van der Waals surface area contributed by atoms with Gasteiger partial charge >= 0.3 is 0 Å². The van der Waals surface area contributed by atoms with E-state index in [9.17, 15) is 4.79 Å². The van der Waals surface area contributed by atoms with Crippen molar-refractivity contribution >= 4 is 5.91 Å². The molecule has 2 nitrogen and oxygen atoms in total. The summed E-state index contributed by atoms with van der Waals surface area (Å²) in [6.07, 6.45) is 0.414. The molecule has 0 aliphatic heterocycles. The molecule has 0 aromatic heterocycles. The van der Waals surface area contributed by atoms with Crippen LogP contribution < -0.4 is 5.32 Å². The van der Waals surface area contributed by atoms with E-state index in [4.69, 9.17) is 0 Å². The molecule has 0 spiro atoms. The number of hydrogen-bond donors (Lipinski definition) is 1. The van der Waals surface area contributed by atoms with E-state index in [0.717, 1.165) is 5.56 Å². The van der Waals surface area contributed by atoms with E-state index in [2.05, 4.69) is 17.2 Å². The topological polar surface area (TPSA) is 29.1 Å². The zero-order valence-electron chi connectivity index (χ0n) is 11.6. The highest BCUT2D eigenvalue weighted by atomic mass is 16.1. The van der Waals surface area contributed by atoms with Crippen molar-refractivity contribution in [3.05, 3.63) is 35.4 Å². The van der Waals surface area contributed by atoms with Crippen LogP contribution in [0.4, 0.5) is 0 Å². The Morgan fingerprint density at radius 1 is 1.22 bits per heavy atom. The van der Waals surface area contributed by atoms with Gasteiger partial charge in [-0.3, -0.25) is 4.79 Å². The van der Waals surface area contributed by atoms with Crippen molar-refractivity contribution in [1.29, 1.82) is 0 Å². The fourth-order valence-electron chi connectivity index (χ4n) is 1.41. The van der Waals surface area contributed by atoms with E-state index in [1.165, 1.54) is 5.56 Å². The highest BCUT2D eigenvalue weighted by Crippen LogP contribution is 2.09. The van der Waals surface area contributed by atoms with Gasteiger partial charge < -0.3 is 5.32 Å². The number of carbonyl (C=O) groups is 1. The van der Waals surface area contributed by atoms with E-state index >= 15 is 0 Å². The molecular formula is C16H21NO. The van der Waals surface area contributed by atoms with Crippen molar-refractivity contribution in [1.82, 2.24) is 5.32 Å². The highest BCUT2D eigenvalue weighted by molar-refractivity contribution is 5.78. The number of amides is 1. The second-order valence-corrected chi connectivity index (χ2v) is 5.49. The van der Waals surface area contributed by atoms with Gasteiger partial charge in [0.25, 0.3) is 0 Å². The zero-order chi connectivity index (χ0) is 13.6. The first kappa shape index (κ1) is 14.3. The van der Waals surface area contributed by atoms with Gasteiger partial charge in [0.15, 0.2) is 0 Å². The van der Waals surface area contributed by atoms with Crippen LogP contribution in [0.2, 0.25) is 0 Å². The molecule has 1 aromatic carbocycles. The lowest BCUT2D eigenvalue weighted by Gasteiger charge is -2.07. The fraction of sp³-hybridized carbons (Fsp3) is 0.438. The molecule has 18 heavy (non-hydrogen) atoms. The summed E-state index contributed by atoms with van der Waals surface area (Å²) in [4.78, 5) is 11.6. The summed E-state index contributed by atoms with van der Waals surface area (Å²) in [5, 5.41) is 2.81. The number of carbonyl (C=O) groups excluding carboxylic acids is 1. The summed E-state index contributed by atoms with van der Waals surface area (Å²) in [6.45, 7) is 8.60. The Morgan fingerprint density at radius 3 is 2.39 bits per heavy atom. The van der Waals surface area contributed by atoms with Crippen LogP contribution >= 0.6 is 0 Å². The van der Waals surface area contributed by atoms with Crippen LogP contribution in [-0.2, 0) is 11.2 Å². The summed E-state index contributed by atoms with van der Waals surface area (Å²) in [5.74, 6) is 6.07. The Morgan fingerprint density at radius 2 is 1.83 bits per heavy atom. The SMILES string of the molecule is Cc1ccc(CC(=O)NCC#CC(C)(C)C)cc1. The molecule has 0 saturated heterocycles. The summed E-state index contributed by atoms with van der Waals surface area (Å²) in [6, 6.07) is 8.00. The smallest absolute Gasteiger partial charge is 0.225 e. The lowest BCUT2D eigenvalue weighted by molar-refractivity contribution is -0.120. The van der Waals surface area contributed by atoms with Crippen LogP contribution in [0.1, 0.15) is 31.9 Å². The van der Waals surface area contributed by atoms with E-state index in [0.29, 0.717) is 13.0 Å². The van der Waals surface area contributed by atoms with Crippen LogP contribution in [0.5, 0.6) is 0 Å². The maximum atomic E-state index is 11.6. The van der Waals surface area contributed by atoms with Crippen molar-refractivity contribution in [3.63, 3.8) is 0 Å². The van der Waals surface area contributed by atoms with Crippen LogP contribution in [0.3, 0.4) is 0 Å². The minimum Gasteiger partial charge on any atom is -0.345 e. The van der Waals surface area contributed by atoms with Crippen LogP contribution in [-0.4, -0.2) is 12.5 Å². The molecule has 1 aromatic rings. The lowest BCUT2D eigenvalue weighted by atomic mass is 9.98. The molecule has 0 aliphatic carbocycles. The Kier molecular flexibility index (Phi) is 4.97. The number of hydrogen-bond acceptors (Lipinski definition) is 1. The minimum absolute atomic E-state index is 0.0122. The molecule has 0 atom stereocenters. The van der Waals surface area contributed by atoms with Crippen LogP contribution in [0.15, 0.2) is 24.3 Å². The number of aryl methyl sites for hydroxylation is 1. The summed E-state index contributed by atoms with van der Waals surface area (Å²) in [5.41, 5.74) is 2.22. The molecule has 0 aliphatic rings. The second kappa shape index (κ2) is 6.26. The Hall–Kier alpha value is -1.75. The van der Waals surface area contributed by atoms with Gasteiger partial charge in [-0.25, -0.2) is 0 Å². The molecule has 0 radical (unpaired) electrons. The first-order valence-electron chi connectivity index (χ1n) is 6.19. The Bertz CT molecular complexity index is 455. The van der Waals surface area contributed by atoms with Gasteiger partial charge in [-0.2, -0.15) is 0 Å². The van der Waals surface area contributed by atoms with Crippen molar-refractivity contribution in [2.24, 2.45) is 5.41 Å². The Balaban J connectivity index is 2.38. The fourth-order valence-corrected chi connectivity index (χ4v) is 1.41. The van der Waals surface area contributed by atoms with Crippen molar-refractivity contribution in [3.8, 4) is 11.8 Å². The number of benzene rings is 1. The summed E-state index contributed by atoms with van der Waals surface area (Å²) < 4.78 is 0. The van der Waals surface area contributed by atoms with E-state index in [-0.39, 0.29) is 11.3 Å². The van der Waals surface area contributed by atoms with Gasteiger partial charge in [0.2, 0.25) is 5.91 Å². The third kappa shape index (κ3) is 6.10. The first-order valence-corrected chi connectivity index (χ1v) is 6.19. The standard InChI is InChI=1S/C16H21NO/c1-13-6-8-14(9-7-13)12-15(18)17-11-5-10-16(2,3)4/h6-9H,11-12H2,1-4H3,(H,17,18). The Labute approximate surface area is 110 Å². The maximum Gasteiger partial charge on any atom is 0.225 e. The van der Waals surface area contributed by atoms with Gasteiger partial charge in [0.05, 0.1) is 13.0 Å². The number of rotatable bonds is 3.